The van der Waals surface area contributed by atoms with E-state index >= 15 is 0 Å². The number of benzene rings is 1. The van der Waals surface area contributed by atoms with Crippen LogP contribution < -0.4 is 10.5 Å². The van der Waals surface area contributed by atoms with Gasteiger partial charge in [0.15, 0.2) is 18.5 Å². The van der Waals surface area contributed by atoms with Crippen LogP contribution in [0.15, 0.2) is 24.3 Å². The Morgan fingerprint density at radius 1 is 1.18 bits per heavy atom. The largest absolute Gasteiger partial charge is 0.482 e. The molecular formula is C14H19NO7. The van der Waals surface area contributed by atoms with Gasteiger partial charge in [-0.25, -0.2) is 4.79 Å². The Labute approximate surface area is 126 Å². The molecule has 0 radical (unpaired) electrons. The number of aliphatic carboxylic acids is 1. The van der Waals surface area contributed by atoms with E-state index in [0.29, 0.717) is 18.7 Å². The maximum Gasteiger partial charge on any atom is 0.335 e. The fourth-order valence-corrected chi connectivity index (χ4v) is 2.24. The van der Waals surface area contributed by atoms with Gasteiger partial charge < -0.3 is 35.6 Å². The lowest BCUT2D eigenvalue weighted by molar-refractivity contribution is -0.274. The van der Waals surface area contributed by atoms with Crippen molar-refractivity contribution in [1.29, 1.82) is 0 Å². The third-order valence-electron chi connectivity index (χ3n) is 3.44. The van der Waals surface area contributed by atoms with Crippen molar-refractivity contribution in [2.75, 3.05) is 6.54 Å². The quantitative estimate of drug-likeness (QED) is 0.440. The molecule has 6 N–H and O–H groups in total. The summed E-state index contributed by atoms with van der Waals surface area (Å²) in [5, 5.41) is 38.3. The van der Waals surface area contributed by atoms with Gasteiger partial charge in [0.25, 0.3) is 0 Å². The highest BCUT2D eigenvalue weighted by atomic mass is 16.7. The van der Waals surface area contributed by atoms with Crippen LogP contribution in [0.25, 0.3) is 0 Å². The predicted molar refractivity (Wildman–Crippen MR) is 74.1 cm³/mol. The van der Waals surface area contributed by atoms with Crippen LogP contribution in [-0.4, -0.2) is 63.6 Å². The van der Waals surface area contributed by atoms with Crippen molar-refractivity contribution in [2.45, 2.75) is 37.1 Å². The lowest BCUT2D eigenvalue weighted by atomic mass is 9.99. The van der Waals surface area contributed by atoms with Crippen LogP contribution in [0.5, 0.6) is 5.75 Å². The minimum Gasteiger partial charge on any atom is -0.482 e. The fraction of sp³-hybridized carbons (Fsp3) is 0.500. The number of aliphatic hydroxyl groups excluding tert-OH is 3. The Balaban J connectivity index is 2.07. The summed E-state index contributed by atoms with van der Waals surface area (Å²) in [6.07, 6.45) is -7.29. The minimum absolute atomic E-state index is 0.341. The van der Waals surface area contributed by atoms with Crippen LogP contribution >= 0.6 is 0 Å². The number of nitrogens with two attached hydrogens (primary N) is 1. The second-order valence-corrected chi connectivity index (χ2v) is 5.03. The first-order valence-corrected chi connectivity index (χ1v) is 6.82. The monoisotopic (exact) mass is 313 g/mol. The highest BCUT2D eigenvalue weighted by molar-refractivity contribution is 5.73. The summed E-state index contributed by atoms with van der Waals surface area (Å²) < 4.78 is 10.2. The van der Waals surface area contributed by atoms with Crippen molar-refractivity contribution >= 4 is 5.97 Å². The minimum atomic E-state index is -1.71. The number of carbonyl (C=O) groups is 1. The molecule has 5 atom stereocenters. The van der Waals surface area contributed by atoms with Gasteiger partial charge in [-0.2, -0.15) is 0 Å². The Morgan fingerprint density at radius 3 is 2.36 bits per heavy atom. The number of aliphatic hydroxyl groups is 3. The molecule has 1 fully saturated rings. The first kappa shape index (κ1) is 16.7. The molecule has 1 aliphatic heterocycles. The summed E-state index contributed by atoms with van der Waals surface area (Å²) >= 11 is 0. The number of hydrogen-bond donors (Lipinski definition) is 5. The molecule has 0 amide bonds. The molecule has 2 rings (SSSR count). The van der Waals surface area contributed by atoms with Crippen LogP contribution in [0.4, 0.5) is 0 Å². The number of hydrogen-bond acceptors (Lipinski definition) is 7. The average Bonchev–Trinajstić information content (AvgIpc) is 2.49. The standard InChI is InChI=1S/C14H19NO7/c15-6-5-7-1-3-8(4-2-7)21-12-10(17)9(16)11(13(18)19)22-14(12)20/h1-4,9-12,14,16-17,20H,5-6,15H2,(H,18,19)/t9-,10-,11-,12+,14+/m0/s1. The van der Waals surface area contributed by atoms with Crippen molar-refractivity contribution in [3.05, 3.63) is 29.8 Å². The van der Waals surface area contributed by atoms with Gasteiger partial charge in [0, 0.05) is 0 Å². The molecular weight excluding hydrogens is 294 g/mol. The van der Waals surface area contributed by atoms with Crippen molar-refractivity contribution in [2.24, 2.45) is 5.73 Å². The van der Waals surface area contributed by atoms with E-state index in [2.05, 4.69) is 0 Å². The summed E-state index contributed by atoms with van der Waals surface area (Å²) in [5.74, 6) is -1.14. The van der Waals surface area contributed by atoms with Gasteiger partial charge in [-0.3, -0.25) is 0 Å². The molecule has 8 heteroatoms. The van der Waals surface area contributed by atoms with Gasteiger partial charge in [0.2, 0.25) is 0 Å². The van der Waals surface area contributed by atoms with E-state index in [1.54, 1.807) is 24.3 Å². The molecule has 122 valence electrons. The van der Waals surface area contributed by atoms with Crippen molar-refractivity contribution in [3.8, 4) is 5.75 Å². The molecule has 0 spiro atoms. The molecule has 0 unspecified atom stereocenters. The van der Waals surface area contributed by atoms with E-state index in [9.17, 15) is 20.1 Å². The lowest BCUT2D eigenvalue weighted by Crippen LogP contribution is -2.61. The Morgan fingerprint density at radius 2 is 1.82 bits per heavy atom. The summed E-state index contributed by atoms with van der Waals surface area (Å²) in [6, 6.07) is 6.81. The average molecular weight is 313 g/mol. The van der Waals surface area contributed by atoms with Crippen LogP contribution in [0, 0.1) is 0 Å². The van der Waals surface area contributed by atoms with E-state index in [1.165, 1.54) is 0 Å². The van der Waals surface area contributed by atoms with Crippen LogP contribution in [0.2, 0.25) is 0 Å². The van der Waals surface area contributed by atoms with Crippen molar-refractivity contribution < 1.29 is 34.7 Å². The maximum absolute atomic E-state index is 10.9. The molecule has 22 heavy (non-hydrogen) atoms. The predicted octanol–water partition coefficient (Wildman–Crippen LogP) is -1.54. The van der Waals surface area contributed by atoms with Gasteiger partial charge in [0.05, 0.1) is 0 Å². The van der Waals surface area contributed by atoms with E-state index in [0.717, 1.165) is 5.56 Å². The first-order chi connectivity index (χ1) is 10.4. The van der Waals surface area contributed by atoms with Gasteiger partial charge in [-0.15, -0.1) is 0 Å². The van der Waals surface area contributed by atoms with Crippen LogP contribution in [0.3, 0.4) is 0 Å². The third-order valence-corrected chi connectivity index (χ3v) is 3.44. The SMILES string of the molecule is NCCc1ccc(O[C@@H]2[C@@H](O)[C@H](O)[C@@H](C(=O)O)O[C@H]2O)cc1. The zero-order chi connectivity index (χ0) is 16.3. The molecule has 0 aliphatic carbocycles. The summed E-state index contributed by atoms with van der Waals surface area (Å²) in [4.78, 5) is 10.9. The molecule has 1 saturated heterocycles. The Kier molecular flexibility index (Phi) is 5.33. The lowest BCUT2D eigenvalue weighted by Gasteiger charge is -2.38. The number of ether oxygens (including phenoxy) is 2. The highest BCUT2D eigenvalue weighted by Crippen LogP contribution is 2.25. The molecule has 0 bridgehead atoms. The fourth-order valence-electron chi connectivity index (χ4n) is 2.24. The topological polar surface area (TPSA) is 142 Å². The summed E-state index contributed by atoms with van der Waals surface area (Å²) in [6.45, 7) is 0.511. The normalized spacial score (nSPS) is 31.7. The molecule has 1 aromatic rings. The maximum atomic E-state index is 10.9. The van der Waals surface area contributed by atoms with Gasteiger partial charge in [0.1, 0.15) is 18.0 Å². The molecule has 1 heterocycles. The molecule has 1 aliphatic rings. The summed E-state index contributed by atoms with van der Waals surface area (Å²) in [7, 11) is 0. The summed E-state index contributed by atoms with van der Waals surface area (Å²) in [5.41, 5.74) is 6.45. The Bertz CT molecular complexity index is 506. The van der Waals surface area contributed by atoms with E-state index in [4.69, 9.17) is 20.3 Å². The molecule has 0 aromatic heterocycles. The molecule has 8 nitrogen and oxygen atoms in total. The van der Waals surface area contributed by atoms with Crippen molar-refractivity contribution in [1.82, 2.24) is 0 Å². The Hall–Kier alpha value is -1.71. The number of carboxylic acids is 1. The third kappa shape index (κ3) is 3.54. The van der Waals surface area contributed by atoms with Gasteiger partial charge in [-0.05, 0) is 30.7 Å². The number of carboxylic acid groups (broad SMARTS) is 1. The highest BCUT2D eigenvalue weighted by Gasteiger charge is 2.48. The van der Waals surface area contributed by atoms with E-state index < -0.39 is 36.7 Å². The second-order valence-electron chi connectivity index (χ2n) is 5.03. The van der Waals surface area contributed by atoms with Crippen molar-refractivity contribution in [3.63, 3.8) is 0 Å². The van der Waals surface area contributed by atoms with E-state index in [-0.39, 0.29) is 0 Å². The second kappa shape index (κ2) is 7.03. The smallest absolute Gasteiger partial charge is 0.335 e. The molecule has 0 saturated carbocycles. The number of rotatable bonds is 5. The zero-order valence-electron chi connectivity index (χ0n) is 11.7. The van der Waals surface area contributed by atoms with Crippen LogP contribution in [0.1, 0.15) is 5.56 Å². The first-order valence-electron chi connectivity index (χ1n) is 6.82. The van der Waals surface area contributed by atoms with Gasteiger partial charge in [-0.1, -0.05) is 12.1 Å². The van der Waals surface area contributed by atoms with Gasteiger partial charge >= 0.3 is 5.97 Å². The molecule has 1 aromatic carbocycles. The van der Waals surface area contributed by atoms with Crippen LogP contribution in [-0.2, 0) is 16.0 Å². The zero-order valence-corrected chi connectivity index (χ0v) is 11.7. The van der Waals surface area contributed by atoms with E-state index in [1.807, 2.05) is 0 Å².